The van der Waals surface area contributed by atoms with Crippen molar-refractivity contribution in [1.29, 1.82) is 0 Å². The summed E-state index contributed by atoms with van der Waals surface area (Å²) in [7, 11) is 1.57. The van der Waals surface area contributed by atoms with Gasteiger partial charge in [-0.15, -0.1) is 0 Å². The number of furan rings is 1. The highest BCUT2D eigenvalue weighted by atomic mass is 16.5. The third-order valence-electron chi connectivity index (χ3n) is 3.45. The Bertz CT molecular complexity index is 874. The first kappa shape index (κ1) is 15.5. The van der Waals surface area contributed by atoms with Crippen LogP contribution in [0.1, 0.15) is 15.9 Å². The van der Waals surface area contributed by atoms with E-state index in [0.717, 1.165) is 10.9 Å². The molecule has 0 spiro atoms. The molecule has 0 aliphatic heterocycles. The van der Waals surface area contributed by atoms with Crippen molar-refractivity contribution in [2.45, 2.75) is 6.42 Å². The monoisotopic (exact) mass is 325 g/mol. The Morgan fingerprint density at radius 3 is 2.88 bits per heavy atom. The number of amides is 2. The van der Waals surface area contributed by atoms with Crippen molar-refractivity contribution in [3.8, 4) is 5.75 Å². The molecule has 2 N–H and O–H groups in total. The van der Waals surface area contributed by atoms with Crippen molar-refractivity contribution in [2.24, 2.45) is 0 Å². The molecule has 1 aromatic carbocycles. The zero-order chi connectivity index (χ0) is 16.9. The van der Waals surface area contributed by atoms with Gasteiger partial charge in [-0.1, -0.05) is 0 Å². The minimum absolute atomic E-state index is 0.0760. The molecule has 7 heteroatoms. The summed E-state index contributed by atoms with van der Waals surface area (Å²) in [5.74, 6) is -0.111. The van der Waals surface area contributed by atoms with Gasteiger partial charge in [0.25, 0.3) is 5.91 Å². The van der Waals surface area contributed by atoms with Crippen LogP contribution in [0.15, 0.2) is 53.4 Å². The van der Waals surface area contributed by atoms with Gasteiger partial charge in [-0.05, 0) is 24.3 Å². The molecule has 0 radical (unpaired) electrons. The number of benzene rings is 1. The molecule has 0 saturated carbocycles. The maximum absolute atomic E-state index is 12.0. The fourth-order valence-electron chi connectivity index (χ4n) is 2.24. The zero-order valence-corrected chi connectivity index (χ0v) is 12.9. The third kappa shape index (κ3) is 3.35. The van der Waals surface area contributed by atoms with E-state index < -0.39 is 5.91 Å². The zero-order valence-electron chi connectivity index (χ0n) is 12.9. The Kier molecular flexibility index (Phi) is 4.42. The standard InChI is InChI=1S/C17H15N3O4/c1-23-13-4-5-14-12(10-24-15(14)8-13)7-16(21)19-20-17(22)11-3-2-6-18-9-11/h2-6,8-10H,7H2,1H3,(H,19,21)(H,20,22). The van der Waals surface area contributed by atoms with Gasteiger partial charge in [0.05, 0.1) is 25.4 Å². The van der Waals surface area contributed by atoms with E-state index in [4.69, 9.17) is 9.15 Å². The number of methoxy groups -OCH3 is 1. The van der Waals surface area contributed by atoms with Crippen LogP contribution in [-0.2, 0) is 11.2 Å². The predicted molar refractivity (Wildman–Crippen MR) is 86.3 cm³/mol. The number of hydrogen-bond donors (Lipinski definition) is 2. The summed E-state index contributed by atoms with van der Waals surface area (Å²) in [6.45, 7) is 0. The Hall–Kier alpha value is -3.35. The first-order valence-corrected chi connectivity index (χ1v) is 7.20. The van der Waals surface area contributed by atoms with Crippen LogP contribution in [0, 0.1) is 0 Å². The van der Waals surface area contributed by atoms with Crippen LogP contribution in [0.25, 0.3) is 11.0 Å². The molecule has 3 rings (SSSR count). The van der Waals surface area contributed by atoms with Crippen molar-refractivity contribution >= 4 is 22.8 Å². The molecule has 0 aliphatic rings. The molecule has 0 unspecified atom stereocenters. The third-order valence-corrected chi connectivity index (χ3v) is 3.45. The van der Waals surface area contributed by atoms with Gasteiger partial charge in [-0.25, -0.2) is 0 Å². The lowest BCUT2D eigenvalue weighted by Crippen LogP contribution is -2.42. The van der Waals surface area contributed by atoms with E-state index in [1.165, 1.54) is 12.5 Å². The second-order valence-electron chi connectivity index (χ2n) is 5.04. The molecule has 24 heavy (non-hydrogen) atoms. The van der Waals surface area contributed by atoms with Crippen LogP contribution >= 0.6 is 0 Å². The van der Waals surface area contributed by atoms with E-state index in [-0.39, 0.29) is 12.3 Å². The van der Waals surface area contributed by atoms with Crippen LogP contribution in [0.2, 0.25) is 0 Å². The number of carbonyl (C=O) groups excluding carboxylic acids is 2. The predicted octanol–water partition coefficient (Wildman–Crippen LogP) is 1.84. The second-order valence-corrected chi connectivity index (χ2v) is 5.04. The molecule has 0 atom stereocenters. The molecule has 3 aromatic rings. The van der Waals surface area contributed by atoms with E-state index in [0.29, 0.717) is 16.9 Å². The van der Waals surface area contributed by atoms with Gasteiger partial charge < -0.3 is 9.15 Å². The lowest BCUT2D eigenvalue weighted by atomic mass is 10.1. The van der Waals surface area contributed by atoms with E-state index in [9.17, 15) is 9.59 Å². The first-order chi connectivity index (χ1) is 11.7. The highest BCUT2D eigenvalue weighted by Crippen LogP contribution is 2.25. The maximum atomic E-state index is 12.0. The average molecular weight is 325 g/mol. The van der Waals surface area contributed by atoms with E-state index in [2.05, 4.69) is 15.8 Å². The van der Waals surface area contributed by atoms with Gasteiger partial charge in [-0.3, -0.25) is 25.4 Å². The van der Waals surface area contributed by atoms with Crippen molar-refractivity contribution in [3.63, 3.8) is 0 Å². The van der Waals surface area contributed by atoms with Gasteiger partial charge in [0.1, 0.15) is 11.3 Å². The van der Waals surface area contributed by atoms with Gasteiger partial charge in [0.2, 0.25) is 5.91 Å². The summed E-state index contributed by atoms with van der Waals surface area (Å²) < 4.78 is 10.6. The van der Waals surface area contributed by atoms with Crippen LogP contribution in [-0.4, -0.2) is 23.9 Å². The molecule has 0 aliphatic carbocycles. The van der Waals surface area contributed by atoms with Gasteiger partial charge >= 0.3 is 0 Å². The maximum Gasteiger partial charge on any atom is 0.271 e. The minimum Gasteiger partial charge on any atom is -0.497 e. The van der Waals surface area contributed by atoms with Crippen molar-refractivity contribution < 1.29 is 18.7 Å². The number of carbonyl (C=O) groups is 2. The number of pyridine rings is 1. The number of aromatic nitrogens is 1. The highest BCUT2D eigenvalue weighted by molar-refractivity contribution is 5.95. The molecule has 122 valence electrons. The summed E-state index contributed by atoms with van der Waals surface area (Å²) >= 11 is 0. The van der Waals surface area contributed by atoms with E-state index >= 15 is 0 Å². The summed E-state index contributed by atoms with van der Waals surface area (Å²) in [4.78, 5) is 27.7. The quantitative estimate of drug-likeness (QED) is 0.714. The topological polar surface area (TPSA) is 93.5 Å². The molecule has 0 bridgehead atoms. The van der Waals surface area contributed by atoms with Crippen LogP contribution < -0.4 is 15.6 Å². The van der Waals surface area contributed by atoms with Gasteiger partial charge in [0, 0.05) is 29.4 Å². The molecule has 2 aromatic heterocycles. The summed E-state index contributed by atoms with van der Waals surface area (Å²) in [6, 6.07) is 8.62. The van der Waals surface area contributed by atoms with E-state index in [1.54, 1.807) is 37.6 Å². The number of nitrogens with one attached hydrogen (secondary N) is 2. The lowest BCUT2D eigenvalue weighted by molar-refractivity contribution is -0.121. The SMILES string of the molecule is COc1ccc2c(CC(=O)NNC(=O)c3cccnc3)coc2c1. The fourth-order valence-corrected chi connectivity index (χ4v) is 2.24. The van der Waals surface area contributed by atoms with Gasteiger partial charge in [0.15, 0.2) is 0 Å². The Morgan fingerprint density at radius 1 is 1.25 bits per heavy atom. The Morgan fingerprint density at radius 2 is 2.12 bits per heavy atom. The van der Waals surface area contributed by atoms with Crippen LogP contribution in [0.4, 0.5) is 0 Å². The molecule has 2 heterocycles. The minimum atomic E-state index is -0.432. The number of rotatable bonds is 4. The van der Waals surface area contributed by atoms with Crippen LogP contribution in [0.5, 0.6) is 5.75 Å². The van der Waals surface area contributed by atoms with Crippen molar-refractivity contribution in [2.75, 3.05) is 7.11 Å². The fraction of sp³-hybridized carbons (Fsp3) is 0.118. The highest BCUT2D eigenvalue weighted by Gasteiger charge is 2.12. The lowest BCUT2D eigenvalue weighted by Gasteiger charge is -2.06. The van der Waals surface area contributed by atoms with Crippen LogP contribution in [0.3, 0.4) is 0 Å². The van der Waals surface area contributed by atoms with Crippen molar-refractivity contribution in [3.05, 3.63) is 60.1 Å². The Balaban J connectivity index is 1.62. The molecule has 0 saturated heterocycles. The number of hydrogen-bond acceptors (Lipinski definition) is 5. The number of hydrazine groups is 1. The molecule has 2 amide bonds. The summed E-state index contributed by atoms with van der Waals surface area (Å²) in [5.41, 5.74) is 6.44. The number of ether oxygens (including phenoxy) is 1. The average Bonchev–Trinajstić information content (AvgIpc) is 3.02. The summed E-state index contributed by atoms with van der Waals surface area (Å²) in [5, 5.41) is 0.824. The van der Waals surface area contributed by atoms with Gasteiger partial charge in [-0.2, -0.15) is 0 Å². The first-order valence-electron chi connectivity index (χ1n) is 7.20. The molecular weight excluding hydrogens is 310 g/mol. The number of nitrogens with zero attached hydrogens (tertiary/aromatic N) is 1. The number of fused-ring (bicyclic) bond motifs is 1. The Labute approximate surface area is 137 Å². The largest absolute Gasteiger partial charge is 0.497 e. The smallest absolute Gasteiger partial charge is 0.271 e. The molecular formula is C17H15N3O4. The summed E-state index contributed by atoms with van der Waals surface area (Å²) in [6.07, 6.45) is 4.58. The molecule has 0 fully saturated rings. The van der Waals surface area contributed by atoms with Crippen molar-refractivity contribution in [1.82, 2.24) is 15.8 Å². The second kappa shape index (κ2) is 6.82. The molecule has 7 nitrogen and oxygen atoms in total. The van der Waals surface area contributed by atoms with E-state index in [1.807, 2.05) is 6.07 Å². The normalized spacial score (nSPS) is 10.4.